The van der Waals surface area contributed by atoms with Crippen molar-refractivity contribution in [1.82, 2.24) is 5.32 Å². The number of aryl methyl sites for hydroxylation is 2. The predicted molar refractivity (Wildman–Crippen MR) is 166 cm³/mol. The number of benzene rings is 3. The molecule has 0 fully saturated rings. The minimum atomic E-state index is -0.447. The van der Waals surface area contributed by atoms with Crippen LogP contribution in [0.15, 0.2) is 100 Å². The number of amides is 3. The van der Waals surface area contributed by atoms with E-state index < -0.39 is 5.91 Å². The molecule has 1 heterocycles. The Labute approximate surface area is 242 Å². The van der Waals surface area contributed by atoms with Crippen molar-refractivity contribution in [3.63, 3.8) is 0 Å². The number of anilines is 2. The van der Waals surface area contributed by atoms with Gasteiger partial charge in [0.15, 0.2) is 0 Å². The van der Waals surface area contributed by atoms with E-state index >= 15 is 0 Å². The van der Waals surface area contributed by atoms with Crippen LogP contribution in [-0.2, 0) is 9.59 Å². The monoisotopic (exact) mass is 569 g/mol. The third kappa shape index (κ3) is 8.18. The molecule has 3 aromatic carbocycles. The van der Waals surface area contributed by atoms with E-state index in [0.29, 0.717) is 17.7 Å². The van der Waals surface area contributed by atoms with Gasteiger partial charge in [0, 0.05) is 21.8 Å². The number of nitrogens with one attached hydrogen (secondary N) is 3. The maximum atomic E-state index is 13.3. The standard InChI is InChI=1S/C32H31N3O3S2/c1-4-29(32(38)34-26-16-21(2)15-22(3)17-26)40-27-12-8-11-25(19-27)33-31(37)28(18-23-13-14-39-20-23)35-30(36)24-9-6-5-7-10-24/h5-20,29H,4H2,1-3H3,(H,33,37)(H,34,38)(H,35,36)/b28-18-. The van der Waals surface area contributed by atoms with E-state index in [-0.39, 0.29) is 22.8 Å². The first kappa shape index (κ1) is 28.9. The van der Waals surface area contributed by atoms with Crippen molar-refractivity contribution in [1.29, 1.82) is 0 Å². The zero-order valence-corrected chi connectivity index (χ0v) is 24.2. The highest BCUT2D eigenvalue weighted by atomic mass is 32.2. The minimum Gasteiger partial charge on any atom is -0.325 e. The number of hydrogen-bond donors (Lipinski definition) is 3. The highest BCUT2D eigenvalue weighted by molar-refractivity contribution is 8.00. The van der Waals surface area contributed by atoms with Crippen molar-refractivity contribution < 1.29 is 14.4 Å². The lowest BCUT2D eigenvalue weighted by atomic mass is 10.1. The lowest BCUT2D eigenvalue weighted by Gasteiger charge is -2.16. The van der Waals surface area contributed by atoms with Gasteiger partial charge >= 0.3 is 0 Å². The predicted octanol–water partition coefficient (Wildman–Crippen LogP) is 7.28. The van der Waals surface area contributed by atoms with E-state index in [1.165, 1.54) is 23.1 Å². The molecule has 0 spiro atoms. The summed E-state index contributed by atoms with van der Waals surface area (Å²) in [4.78, 5) is 40.0. The lowest BCUT2D eigenvalue weighted by Crippen LogP contribution is -2.30. The van der Waals surface area contributed by atoms with Crippen LogP contribution in [0.4, 0.5) is 11.4 Å². The van der Waals surface area contributed by atoms with E-state index in [0.717, 1.165) is 27.3 Å². The van der Waals surface area contributed by atoms with Crippen LogP contribution in [-0.4, -0.2) is 23.0 Å². The van der Waals surface area contributed by atoms with Gasteiger partial charge in [0.2, 0.25) is 5.91 Å². The molecule has 0 saturated carbocycles. The Morgan fingerprint density at radius 3 is 2.30 bits per heavy atom. The summed E-state index contributed by atoms with van der Waals surface area (Å²) >= 11 is 2.94. The smallest absolute Gasteiger partial charge is 0.272 e. The minimum absolute atomic E-state index is 0.0726. The maximum absolute atomic E-state index is 13.3. The molecule has 3 N–H and O–H groups in total. The Hall–Kier alpha value is -4.14. The van der Waals surface area contributed by atoms with Gasteiger partial charge in [0.1, 0.15) is 5.70 Å². The quantitative estimate of drug-likeness (QED) is 0.138. The highest BCUT2D eigenvalue weighted by Crippen LogP contribution is 2.29. The van der Waals surface area contributed by atoms with E-state index in [4.69, 9.17) is 0 Å². The molecule has 0 aliphatic heterocycles. The van der Waals surface area contributed by atoms with Gasteiger partial charge in [-0.15, -0.1) is 11.8 Å². The highest BCUT2D eigenvalue weighted by Gasteiger charge is 2.19. The fraction of sp³-hybridized carbons (Fsp3) is 0.156. The molecule has 204 valence electrons. The zero-order valence-electron chi connectivity index (χ0n) is 22.6. The molecule has 1 aromatic heterocycles. The molecule has 8 heteroatoms. The summed E-state index contributed by atoms with van der Waals surface area (Å²) in [6, 6.07) is 23.9. The van der Waals surface area contributed by atoms with Crippen molar-refractivity contribution in [2.75, 3.05) is 10.6 Å². The van der Waals surface area contributed by atoms with Gasteiger partial charge in [0.05, 0.1) is 5.25 Å². The first-order chi connectivity index (χ1) is 19.3. The summed E-state index contributed by atoms with van der Waals surface area (Å²) < 4.78 is 0. The van der Waals surface area contributed by atoms with Crippen LogP contribution in [0, 0.1) is 13.8 Å². The molecule has 0 saturated heterocycles. The number of hydrogen-bond acceptors (Lipinski definition) is 5. The Kier molecular flexibility index (Phi) is 9.94. The Bertz CT molecular complexity index is 1500. The first-order valence-corrected chi connectivity index (χ1v) is 14.7. The van der Waals surface area contributed by atoms with Gasteiger partial charge in [-0.25, -0.2) is 0 Å². The van der Waals surface area contributed by atoms with Gasteiger partial charge in [-0.1, -0.05) is 37.3 Å². The fourth-order valence-electron chi connectivity index (χ4n) is 4.07. The summed E-state index contributed by atoms with van der Waals surface area (Å²) in [5.74, 6) is -0.893. The van der Waals surface area contributed by atoms with Crippen LogP contribution in [0.2, 0.25) is 0 Å². The van der Waals surface area contributed by atoms with Crippen molar-refractivity contribution in [2.24, 2.45) is 0 Å². The number of carbonyl (C=O) groups excluding carboxylic acids is 3. The second kappa shape index (κ2) is 13.8. The van der Waals surface area contributed by atoms with Gasteiger partial charge in [0.25, 0.3) is 11.8 Å². The van der Waals surface area contributed by atoms with Crippen LogP contribution in [0.5, 0.6) is 0 Å². The van der Waals surface area contributed by atoms with Crippen LogP contribution in [0.3, 0.4) is 0 Å². The van der Waals surface area contributed by atoms with E-state index in [2.05, 4.69) is 22.0 Å². The molecule has 1 atom stereocenters. The van der Waals surface area contributed by atoms with E-state index in [1.54, 1.807) is 36.4 Å². The average Bonchev–Trinajstić information content (AvgIpc) is 3.44. The maximum Gasteiger partial charge on any atom is 0.272 e. The van der Waals surface area contributed by atoms with E-state index in [9.17, 15) is 14.4 Å². The zero-order chi connectivity index (χ0) is 28.5. The largest absolute Gasteiger partial charge is 0.325 e. The summed E-state index contributed by atoms with van der Waals surface area (Å²) in [5, 5.41) is 12.2. The Balaban J connectivity index is 1.47. The molecular formula is C32H31N3O3S2. The lowest BCUT2D eigenvalue weighted by molar-refractivity contribution is -0.116. The van der Waals surface area contributed by atoms with Crippen molar-refractivity contribution in [2.45, 2.75) is 37.3 Å². The van der Waals surface area contributed by atoms with E-state index in [1.807, 2.05) is 74.0 Å². The molecule has 6 nitrogen and oxygen atoms in total. The Morgan fingerprint density at radius 1 is 0.875 bits per heavy atom. The van der Waals surface area contributed by atoms with Crippen molar-refractivity contribution in [3.8, 4) is 0 Å². The molecular weight excluding hydrogens is 539 g/mol. The second-order valence-corrected chi connectivity index (χ2v) is 11.4. The normalized spacial score (nSPS) is 11.9. The molecule has 40 heavy (non-hydrogen) atoms. The van der Waals surface area contributed by atoms with Gasteiger partial charge in [-0.2, -0.15) is 11.3 Å². The average molecular weight is 570 g/mol. The first-order valence-electron chi connectivity index (χ1n) is 12.9. The van der Waals surface area contributed by atoms with Crippen LogP contribution < -0.4 is 16.0 Å². The van der Waals surface area contributed by atoms with Crippen molar-refractivity contribution >= 4 is 58.3 Å². The third-order valence-corrected chi connectivity index (χ3v) is 7.97. The number of thioether (sulfide) groups is 1. The SMILES string of the molecule is CCC(Sc1cccc(NC(=O)/C(=C/c2ccsc2)NC(=O)c2ccccc2)c1)C(=O)Nc1cc(C)cc(C)c1. The van der Waals surface area contributed by atoms with Crippen LogP contribution >= 0.6 is 23.1 Å². The molecule has 0 radical (unpaired) electrons. The molecule has 3 amide bonds. The summed E-state index contributed by atoms with van der Waals surface area (Å²) in [6.45, 7) is 5.98. The van der Waals surface area contributed by atoms with Gasteiger partial charge in [-0.05, 0) is 102 Å². The molecule has 1 unspecified atom stereocenters. The topological polar surface area (TPSA) is 87.3 Å². The summed E-state index contributed by atoms with van der Waals surface area (Å²) in [5.41, 5.74) is 4.92. The summed E-state index contributed by atoms with van der Waals surface area (Å²) in [7, 11) is 0. The number of thiophene rings is 1. The second-order valence-electron chi connectivity index (χ2n) is 9.30. The molecule has 0 aliphatic rings. The van der Waals surface area contributed by atoms with Gasteiger partial charge in [-0.3, -0.25) is 14.4 Å². The molecule has 4 rings (SSSR count). The number of carbonyl (C=O) groups is 3. The number of rotatable bonds is 10. The van der Waals surface area contributed by atoms with Crippen LogP contribution in [0.25, 0.3) is 6.08 Å². The molecule has 0 bridgehead atoms. The molecule has 4 aromatic rings. The van der Waals surface area contributed by atoms with Gasteiger partial charge < -0.3 is 16.0 Å². The molecule has 0 aliphatic carbocycles. The van der Waals surface area contributed by atoms with Crippen LogP contribution in [0.1, 0.15) is 40.4 Å². The fourth-order valence-corrected chi connectivity index (χ4v) is 5.70. The summed E-state index contributed by atoms with van der Waals surface area (Å²) in [6.07, 6.45) is 2.28. The third-order valence-electron chi connectivity index (χ3n) is 5.91. The Morgan fingerprint density at radius 2 is 1.62 bits per heavy atom. The van der Waals surface area contributed by atoms with Crippen molar-refractivity contribution in [3.05, 3.63) is 118 Å².